The molecule has 0 amide bonds. The second kappa shape index (κ2) is 29.9. The lowest BCUT2D eigenvalue weighted by atomic mass is 10.1. The highest BCUT2D eigenvalue weighted by molar-refractivity contribution is 5.14. The zero-order chi connectivity index (χ0) is 29.2. The predicted molar refractivity (Wildman–Crippen MR) is 182 cm³/mol. The van der Waals surface area contributed by atoms with Crippen LogP contribution in [0, 0.1) is 0 Å². The maximum atomic E-state index is 2.24. The Labute approximate surface area is 250 Å². The summed E-state index contributed by atoms with van der Waals surface area (Å²) in [7, 11) is 0. The minimum absolute atomic E-state index is 1.24. The summed E-state index contributed by atoms with van der Waals surface area (Å²) in [6.07, 6.45) is 5.25. The van der Waals surface area contributed by atoms with Crippen molar-refractivity contribution in [3.05, 3.63) is 218 Å². The molecule has 0 nitrogen and oxygen atoms in total. The van der Waals surface area contributed by atoms with Gasteiger partial charge in [0.1, 0.15) is 0 Å². The third-order valence-electron chi connectivity index (χ3n) is 5.25. The number of hydrogen-bond acceptors (Lipinski definition) is 0. The van der Waals surface area contributed by atoms with Gasteiger partial charge in [0.05, 0.1) is 0 Å². The van der Waals surface area contributed by atoms with Crippen LogP contribution in [0.25, 0.3) is 0 Å². The first-order valence-corrected chi connectivity index (χ1v) is 14.5. The average molecular weight is 539 g/mol. The van der Waals surface area contributed by atoms with Crippen LogP contribution in [0.1, 0.15) is 31.7 Å². The highest BCUT2D eigenvalue weighted by Gasteiger charge is 1.89. The van der Waals surface area contributed by atoms with Gasteiger partial charge in [-0.2, -0.15) is 0 Å². The molecule has 0 fully saturated rings. The van der Waals surface area contributed by atoms with Crippen LogP contribution < -0.4 is 0 Å². The topological polar surface area (TPSA) is 0 Å². The molecule has 0 unspecified atom stereocenters. The quantitative estimate of drug-likeness (QED) is 0.196. The second-order valence-corrected chi connectivity index (χ2v) is 8.72. The van der Waals surface area contributed by atoms with Crippen molar-refractivity contribution in [1.82, 2.24) is 0 Å². The first-order valence-electron chi connectivity index (χ1n) is 14.5. The van der Waals surface area contributed by atoms with E-state index in [1.54, 1.807) is 0 Å². The molecule has 41 heavy (non-hydrogen) atoms. The van der Waals surface area contributed by atoms with Crippen molar-refractivity contribution in [3.63, 3.8) is 0 Å². The monoisotopic (exact) mass is 538 g/mol. The number of rotatable bonds is 4. The molecule has 0 radical (unpaired) electrons. The molecular weight excluding hydrogens is 492 g/mol. The molecule has 0 aliphatic carbocycles. The van der Waals surface area contributed by atoms with Crippen LogP contribution in [-0.2, 0) is 6.42 Å². The van der Waals surface area contributed by atoms with E-state index in [1.807, 2.05) is 182 Å². The number of benzene rings is 6. The summed E-state index contributed by atoms with van der Waals surface area (Å²) in [5.74, 6) is 0. The van der Waals surface area contributed by atoms with Crippen molar-refractivity contribution in [2.24, 2.45) is 0 Å². The lowest BCUT2D eigenvalue weighted by Crippen LogP contribution is -1.83. The maximum Gasteiger partial charge on any atom is -0.0279 e. The predicted octanol–water partition coefficient (Wildman–Crippen LogP) is 11.9. The smallest absolute Gasteiger partial charge is 0.0279 e. The van der Waals surface area contributed by atoms with Gasteiger partial charge in [-0.15, -0.1) is 0 Å². The number of aryl methyl sites for hydroxylation is 1. The van der Waals surface area contributed by atoms with Crippen molar-refractivity contribution < 1.29 is 0 Å². The lowest BCUT2D eigenvalue weighted by Gasteiger charge is -1.98. The van der Waals surface area contributed by atoms with Crippen molar-refractivity contribution in [2.45, 2.75) is 32.6 Å². The van der Waals surface area contributed by atoms with E-state index in [-0.39, 0.29) is 0 Å². The Balaban J connectivity index is 0.000000251. The molecule has 0 aromatic heterocycles. The summed E-state index contributed by atoms with van der Waals surface area (Å²) in [5, 5.41) is 0. The fourth-order valence-corrected chi connectivity index (χ4v) is 3.15. The molecule has 0 saturated heterocycles. The van der Waals surface area contributed by atoms with Gasteiger partial charge >= 0.3 is 0 Å². The van der Waals surface area contributed by atoms with Gasteiger partial charge in [-0.1, -0.05) is 232 Å². The Kier molecular flexibility index (Phi) is 25.0. The highest BCUT2D eigenvalue weighted by atomic mass is 13.9. The average Bonchev–Trinajstić information content (AvgIpc) is 3.11. The van der Waals surface area contributed by atoms with Crippen LogP contribution in [0.4, 0.5) is 0 Å². The molecule has 0 bridgehead atoms. The Morgan fingerprint density at radius 3 is 0.659 bits per heavy atom. The standard InChI is InChI=1S/C11H16.5C6H6/c1-2-3-5-8-11-9-6-4-7-10-11;5*1-2-4-6-5-3-1/h4,6-7,9-10H,2-3,5,8H2,1H3;5*1-6H. The molecule has 0 aliphatic heterocycles. The normalized spacial score (nSPS) is 8.51. The van der Waals surface area contributed by atoms with E-state index < -0.39 is 0 Å². The van der Waals surface area contributed by atoms with Gasteiger partial charge < -0.3 is 0 Å². The molecule has 0 saturated carbocycles. The van der Waals surface area contributed by atoms with Crippen LogP contribution in [0.2, 0.25) is 0 Å². The molecule has 0 aliphatic rings. The Bertz CT molecular complexity index is 875. The summed E-state index contributed by atoms with van der Waals surface area (Å²) in [6.45, 7) is 2.24. The van der Waals surface area contributed by atoms with E-state index in [2.05, 4.69) is 37.3 Å². The van der Waals surface area contributed by atoms with Gasteiger partial charge in [-0.25, -0.2) is 0 Å². The lowest BCUT2D eigenvalue weighted by molar-refractivity contribution is 0.717. The van der Waals surface area contributed by atoms with Crippen molar-refractivity contribution in [3.8, 4) is 0 Å². The van der Waals surface area contributed by atoms with E-state index in [4.69, 9.17) is 0 Å². The molecule has 6 rings (SSSR count). The molecule has 0 heterocycles. The largest absolute Gasteiger partial charge is 0.0654 e. The Morgan fingerprint density at radius 2 is 0.463 bits per heavy atom. The van der Waals surface area contributed by atoms with Crippen molar-refractivity contribution in [1.29, 1.82) is 0 Å². The summed E-state index contributed by atoms with van der Waals surface area (Å²) in [5.41, 5.74) is 1.47. The molecule has 6 aromatic rings. The Hall–Kier alpha value is -4.68. The van der Waals surface area contributed by atoms with E-state index in [9.17, 15) is 0 Å². The van der Waals surface area contributed by atoms with Crippen LogP contribution in [0.15, 0.2) is 212 Å². The highest BCUT2D eigenvalue weighted by Crippen LogP contribution is 2.05. The van der Waals surface area contributed by atoms with Gasteiger partial charge in [-0.05, 0) is 18.4 Å². The minimum atomic E-state index is 1.24. The minimum Gasteiger partial charge on any atom is -0.0654 e. The van der Waals surface area contributed by atoms with Gasteiger partial charge in [0, 0.05) is 0 Å². The summed E-state index contributed by atoms with van der Waals surface area (Å²) in [4.78, 5) is 0. The fraction of sp³-hybridized carbons (Fsp3) is 0.122. The molecule has 0 spiro atoms. The van der Waals surface area contributed by atoms with E-state index in [0.717, 1.165) is 0 Å². The van der Waals surface area contributed by atoms with E-state index in [0.29, 0.717) is 0 Å². The van der Waals surface area contributed by atoms with Crippen LogP contribution in [-0.4, -0.2) is 0 Å². The molecule has 0 atom stereocenters. The number of hydrogen-bond donors (Lipinski definition) is 0. The summed E-state index contributed by atoms with van der Waals surface area (Å²) >= 11 is 0. The summed E-state index contributed by atoms with van der Waals surface area (Å²) in [6, 6.07) is 70.7. The summed E-state index contributed by atoms with van der Waals surface area (Å²) < 4.78 is 0. The van der Waals surface area contributed by atoms with Gasteiger partial charge in [-0.3, -0.25) is 0 Å². The van der Waals surface area contributed by atoms with Crippen LogP contribution in [0.5, 0.6) is 0 Å². The molecular formula is C41H46. The first-order chi connectivity index (χ1) is 20.4. The van der Waals surface area contributed by atoms with Crippen molar-refractivity contribution >= 4 is 0 Å². The molecule has 6 aromatic carbocycles. The Morgan fingerprint density at radius 1 is 0.268 bits per heavy atom. The van der Waals surface area contributed by atoms with E-state index >= 15 is 0 Å². The van der Waals surface area contributed by atoms with Gasteiger partial charge in [0.15, 0.2) is 0 Å². The maximum absolute atomic E-state index is 2.24. The molecule has 0 N–H and O–H groups in total. The van der Waals surface area contributed by atoms with Crippen LogP contribution >= 0.6 is 0 Å². The van der Waals surface area contributed by atoms with Crippen LogP contribution in [0.3, 0.4) is 0 Å². The zero-order valence-corrected chi connectivity index (χ0v) is 24.5. The molecule has 0 heteroatoms. The SMILES string of the molecule is CCCCCc1ccccc1.c1ccccc1.c1ccccc1.c1ccccc1.c1ccccc1.c1ccccc1. The van der Waals surface area contributed by atoms with Gasteiger partial charge in [0.2, 0.25) is 0 Å². The van der Waals surface area contributed by atoms with Crippen molar-refractivity contribution in [2.75, 3.05) is 0 Å². The van der Waals surface area contributed by atoms with E-state index in [1.165, 1.54) is 31.2 Å². The zero-order valence-electron chi connectivity index (χ0n) is 24.5. The molecule has 210 valence electrons. The fourth-order valence-electron chi connectivity index (χ4n) is 3.15. The van der Waals surface area contributed by atoms with Gasteiger partial charge in [0.25, 0.3) is 0 Å². The number of unbranched alkanes of at least 4 members (excludes halogenated alkanes) is 2. The first kappa shape index (κ1) is 34.3. The third-order valence-corrected chi connectivity index (χ3v) is 5.25. The third kappa shape index (κ3) is 26.7. The second-order valence-electron chi connectivity index (χ2n) is 8.72.